The number of halogens is 1. The number of carbonyl (C=O) groups excluding carboxylic acids is 1. The van der Waals surface area contributed by atoms with Crippen LogP contribution >= 0.6 is 12.4 Å². The Labute approximate surface area is 79.8 Å². The van der Waals surface area contributed by atoms with Gasteiger partial charge in [0.15, 0.2) is 0 Å². The quantitative estimate of drug-likeness (QED) is 0.495. The van der Waals surface area contributed by atoms with Gasteiger partial charge in [0.05, 0.1) is 0 Å². The summed E-state index contributed by atoms with van der Waals surface area (Å²) >= 11 is 0. The molecule has 0 aromatic carbocycles. The van der Waals surface area contributed by atoms with E-state index in [0.717, 1.165) is 6.54 Å². The average molecular weight is 194 g/mol. The molecule has 0 fully saturated rings. The summed E-state index contributed by atoms with van der Waals surface area (Å²) in [6, 6.07) is 0. The van der Waals surface area contributed by atoms with Crippen molar-refractivity contribution in [1.82, 2.24) is 4.90 Å². The number of likely N-dealkylation sites (N-methyl/N-ethyl adjacent to an activating group) is 1. The molecule has 0 aliphatic heterocycles. The van der Waals surface area contributed by atoms with Gasteiger partial charge in [-0.05, 0) is 21.0 Å². The van der Waals surface area contributed by atoms with E-state index < -0.39 is 0 Å². The molecule has 0 heterocycles. The van der Waals surface area contributed by atoms with Gasteiger partial charge in [0.2, 0.25) is 0 Å². The molecule has 0 amide bonds. The molecule has 0 spiro atoms. The Morgan fingerprint density at radius 2 is 2.08 bits per heavy atom. The van der Waals surface area contributed by atoms with Crippen molar-refractivity contribution in [3.8, 4) is 0 Å². The van der Waals surface area contributed by atoms with Crippen molar-refractivity contribution in [2.24, 2.45) is 0 Å². The van der Waals surface area contributed by atoms with Crippen LogP contribution in [0.1, 0.15) is 6.92 Å². The fourth-order valence-corrected chi connectivity index (χ4v) is 0.513. The molecule has 0 aromatic heterocycles. The zero-order valence-electron chi connectivity index (χ0n) is 7.74. The second kappa shape index (κ2) is 8.56. The maximum Gasteiger partial charge on any atom is 0.330 e. The maximum atomic E-state index is 10.7. The fourth-order valence-electron chi connectivity index (χ4n) is 0.513. The second-order valence-corrected chi connectivity index (χ2v) is 2.47. The molecule has 0 aliphatic rings. The summed E-state index contributed by atoms with van der Waals surface area (Å²) in [6.07, 6.45) is 3.08. The lowest BCUT2D eigenvalue weighted by Gasteiger charge is -2.08. The third-order valence-corrected chi connectivity index (χ3v) is 1.09. The highest BCUT2D eigenvalue weighted by atomic mass is 35.5. The average Bonchev–Trinajstić information content (AvgIpc) is 1.87. The molecule has 0 rings (SSSR count). The summed E-state index contributed by atoms with van der Waals surface area (Å²) in [5.41, 5.74) is 0. The summed E-state index contributed by atoms with van der Waals surface area (Å²) < 4.78 is 4.83. The van der Waals surface area contributed by atoms with Crippen LogP contribution in [-0.2, 0) is 9.53 Å². The van der Waals surface area contributed by atoms with Gasteiger partial charge in [-0.3, -0.25) is 0 Å². The van der Waals surface area contributed by atoms with E-state index in [4.69, 9.17) is 4.74 Å². The molecule has 0 atom stereocenters. The van der Waals surface area contributed by atoms with Gasteiger partial charge in [-0.1, -0.05) is 6.08 Å². The molecular weight excluding hydrogens is 178 g/mol. The van der Waals surface area contributed by atoms with Crippen LogP contribution in [0.3, 0.4) is 0 Å². The number of carbonyl (C=O) groups is 1. The largest absolute Gasteiger partial charge is 0.461 e. The van der Waals surface area contributed by atoms with Crippen LogP contribution in [-0.4, -0.2) is 38.1 Å². The number of allylic oxidation sites excluding steroid dienone is 1. The molecule has 4 heteroatoms. The number of esters is 1. The normalized spacial score (nSPS) is 10.0. The molecule has 0 radical (unpaired) electrons. The minimum absolute atomic E-state index is 0. The standard InChI is InChI=1S/C8H15NO2.ClH/c1-4-5-8(10)11-7-6-9(2)3;/h4-5H,6-7H2,1-3H3;1H. The Morgan fingerprint density at radius 3 is 2.50 bits per heavy atom. The number of ether oxygens (including phenoxy) is 1. The second-order valence-electron chi connectivity index (χ2n) is 2.47. The summed E-state index contributed by atoms with van der Waals surface area (Å²) in [5.74, 6) is -0.269. The van der Waals surface area contributed by atoms with Crippen LogP contribution in [0.5, 0.6) is 0 Å². The van der Waals surface area contributed by atoms with E-state index >= 15 is 0 Å². The Bertz CT molecular complexity index is 146. The molecule has 3 nitrogen and oxygen atoms in total. The molecule has 72 valence electrons. The SMILES string of the molecule is CC=CC(=O)OCCN(C)C.Cl. The van der Waals surface area contributed by atoms with Crippen LogP contribution in [0.25, 0.3) is 0 Å². The van der Waals surface area contributed by atoms with Crippen molar-refractivity contribution in [3.63, 3.8) is 0 Å². The Hall–Kier alpha value is -0.540. The van der Waals surface area contributed by atoms with Crippen LogP contribution in [0.15, 0.2) is 12.2 Å². The topological polar surface area (TPSA) is 29.5 Å². The van der Waals surface area contributed by atoms with Crippen molar-refractivity contribution >= 4 is 18.4 Å². The number of hydrogen-bond donors (Lipinski definition) is 0. The third kappa shape index (κ3) is 9.46. The van der Waals surface area contributed by atoms with Crippen LogP contribution < -0.4 is 0 Å². The van der Waals surface area contributed by atoms with Gasteiger partial charge in [-0.15, -0.1) is 12.4 Å². The van der Waals surface area contributed by atoms with Crippen molar-refractivity contribution in [1.29, 1.82) is 0 Å². The number of hydrogen-bond acceptors (Lipinski definition) is 3. The molecule has 0 bridgehead atoms. The van der Waals surface area contributed by atoms with Crippen molar-refractivity contribution < 1.29 is 9.53 Å². The predicted molar refractivity (Wildman–Crippen MR) is 51.6 cm³/mol. The van der Waals surface area contributed by atoms with Crippen LogP contribution in [0, 0.1) is 0 Å². The fraction of sp³-hybridized carbons (Fsp3) is 0.625. The van der Waals surface area contributed by atoms with Gasteiger partial charge in [-0.25, -0.2) is 4.79 Å². The Balaban J connectivity index is 0. The molecule has 0 N–H and O–H groups in total. The zero-order chi connectivity index (χ0) is 8.69. The first-order valence-electron chi connectivity index (χ1n) is 3.61. The summed E-state index contributed by atoms with van der Waals surface area (Å²) in [4.78, 5) is 12.7. The number of nitrogens with zero attached hydrogens (tertiary/aromatic N) is 1. The maximum absolute atomic E-state index is 10.7. The van der Waals surface area contributed by atoms with Gasteiger partial charge >= 0.3 is 5.97 Å². The highest BCUT2D eigenvalue weighted by Crippen LogP contribution is 1.82. The monoisotopic (exact) mass is 193 g/mol. The minimum atomic E-state index is -0.269. The zero-order valence-corrected chi connectivity index (χ0v) is 8.56. The van der Waals surface area contributed by atoms with E-state index in [1.807, 2.05) is 19.0 Å². The molecule has 0 aliphatic carbocycles. The summed E-state index contributed by atoms with van der Waals surface area (Å²) in [7, 11) is 3.87. The lowest BCUT2D eigenvalue weighted by Crippen LogP contribution is -2.19. The van der Waals surface area contributed by atoms with E-state index in [1.165, 1.54) is 6.08 Å². The molecule has 0 aromatic rings. The lowest BCUT2D eigenvalue weighted by atomic mass is 10.5. The molecule has 0 saturated heterocycles. The van der Waals surface area contributed by atoms with Gasteiger partial charge in [0, 0.05) is 12.6 Å². The highest BCUT2D eigenvalue weighted by Gasteiger charge is 1.95. The molecule has 0 unspecified atom stereocenters. The first-order valence-corrected chi connectivity index (χ1v) is 3.61. The lowest BCUT2D eigenvalue weighted by molar-refractivity contribution is -0.138. The third-order valence-electron chi connectivity index (χ3n) is 1.09. The minimum Gasteiger partial charge on any atom is -0.461 e. The van der Waals surface area contributed by atoms with Gasteiger partial charge in [-0.2, -0.15) is 0 Å². The van der Waals surface area contributed by atoms with E-state index in [0.29, 0.717) is 6.61 Å². The first kappa shape index (κ1) is 14.0. The van der Waals surface area contributed by atoms with Crippen molar-refractivity contribution in [2.45, 2.75) is 6.92 Å². The van der Waals surface area contributed by atoms with Gasteiger partial charge in [0.25, 0.3) is 0 Å². The number of rotatable bonds is 4. The van der Waals surface area contributed by atoms with E-state index in [2.05, 4.69) is 0 Å². The smallest absolute Gasteiger partial charge is 0.330 e. The molecular formula is C8H16ClNO2. The van der Waals surface area contributed by atoms with Crippen molar-refractivity contribution in [2.75, 3.05) is 27.2 Å². The van der Waals surface area contributed by atoms with Crippen LogP contribution in [0.4, 0.5) is 0 Å². The Morgan fingerprint density at radius 1 is 1.50 bits per heavy atom. The predicted octanol–water partition coefficient (Wildman–Crippen LogP) is 1.09. The van der Waals surface area contributed by atoms with Crippen molar-refractivity contribution in [3.05, 3.63) is 12.2 Å². The summed E-state index contributed by atoms with van der Waals surface area (Å²) in [6.45, 7) is 3.01. The summed E-state index contributed by atoms with van der Waals surface area (Å²) in [5, 5.41) is 0. The first-order chi connectivity index (χ1) is 5.16. The molecule has 12 heavy (non-hydrogen) atoms. The van der Waals surface area contributed by atoms with Gasteiger partial charge in [0.1, 0.15) is 6.61 Å². The van der Waals surface area contributed by atoms with Gasteiger partial charge < -0.3 is 9.64 Å². The Kier molecular flexibility index (Phi) is 9.99. The van der Waals surface area contributed by atoms with E-state index in [-0.39, 0.29) is 18.4 Å². The highest BCUT2D eigenvalue weighted by molar-refractivity contribution is 5.85. The van der Waals surface area contributed by atoms with E-state index in [9.17, 15) is 4.79 Å². The van der Waals surface area contributed by atoms with Crippen LogP contribution in [0.2, 0.25) is 0 Å². The van der Waals surface area contributed by atoms with E-state index in [1.54, 1.807) is 13.0 Å². The molecule has 0 saturated carbocycles.